The molecule has 1 aromatic rings. The minimum absolute atomic E-state index is 0.121. The highest BCUT2D eigenvalue weighted by atomic mass is 32.2. The van der Waals surface area contributed by atoms with Crippen LogP contribution < -0.4 is 0 Å². The second-order valence-electron chi connectivity index (χ2n) is 6.13. The van der Waals surface area contributed by atoms with Crippen molar-refractivity contribution in [2.75, 3.05) is 0 Å². The molecular weight excluding hydrogens is 293 g/mol. The van der Waals surface area contributed by atoms with Gasteiger partial charge in [0.15, 0.2) is 9.84 Å². The van der Waals surface area contributed by atoms with Crippen molar-refractivity contribution in [1.82, 2.24) is 0 Å². The molecule has 112 valence electrons. The summed E-state index contributed by atoms with van der Waals surface area (Å²) in [5.41, 5.74) is -0.402. The van der Waals surface area contributed by atoms with Gasteiger partial charge in [0.1, 0.15) is 5.82 Å². The molecular formula is C15H16FNO3S. The number of aliphatic hydroxyl groups is 1. The quantitative estimate of drug-likeness (QED) is 0.902. The molecule has 2 atom stereocenters. The minimum atomic E-state index is -3.12. The van der Waals surface area contributed by atoms with Crippen molar-refractivity contribution < 1.29 is 17.9 Å². The molecule has 2 saturated heterocycles. The van der Waals surface area contributed by atoms with Crippen molar-refractivity contribution in [3.05, 3.63) is 35.1 Å². The molecule has 21 heavy (non-hydrogen) atoms. The van der Waals surface area contributed by atoms with Crippen LogP contribution in [0.1, 0.15) is 36.8 Å². The molecule has 0 amide bonds. The molecule has 4 nitrogen and oxygen atoms in total. The number of fused-ring (bicyclic) bond motifs is 2. The molecule has 2 aliphatic rings. The van der Waals surface area contributed by atoms with Crippen LogP contribution in [-0.2, 0) is 16.3 Å². The fraction of sp³-hybridized carbons (Fsp3) is 0.533. The molecule has 1 aromatic carbocycles. The standard InChI is InChI=1S/C15H16FNO3S/c16-12-2-1-10(9-17)11(5-12)6-15(18)7-13-3-4-14(8-15)21(13,19)20/h1-2,5,13-14,18H,3-4,6-8H2. The van der Waals surface area contributed by atoms with E-state index in [9.17, 15) is 17.9 Å². The van der Waals surface area contributed by atoms with Crippen molar-refractivity contribution >= 4 is 9.84 Å². The number of sulfone groups is 1. The molecule has 3 rings (SSSR count). The van der Waals surface area contributed by atoms with Crippen molar-refractivity contribution in [2.45, 2.75) is 48.2 Å². The Bertz CT molecular complexity index is 703. The highest BCUT2D eigenvalue weighted by Crippen LogP contribution is 2.44. The Hall–Kier alpha value is -1.45. The Balaban J connectivity index is 1.90. The highest BCUT2D eigenvalue weighted by Gasteiger charge is 2.52. The van der Waals surface area contributed by atoms with Crippen LogP contribution in [0.25, 0.3) is 0 Å². The van der Waals surface area contributed by atoms with Gasteiger partial charge >= 0.3 is 0 Å². The van der Waals surface area contributed by atoms with Crippen LogP contribution in [0.5, 0.6) is 0 Å². The number of nitriles is 1. The zero-order valence-electron chi connectivity index (χ0n) is 11.4. The third kappa shape index (κ3) is 2.45. The van der Waals surface area contributed by atoms with Gasteiger partial charge in [-0.05, 0) is 49.4 Å². The first-order chi connectivity index (χ1) is 9.84. The zero-order chi connectivity index (χ0) is 15.3. The Morgan fingerprint density at radius 2 is 1.95 bits per heavy atom. The lowest BCUT2D eigenvalue weighted by molar-refractivity contribution is 0.0218. The first kappa shape index (κ1) is 14.5. The lowest BCUT2D eigenvalue weighted by Crippen LogP contribution is -2.46. The maximum absolute atomic E-state index is 13.4. The van der Waals surface area contributed by atoms with Gasteiger partial charge in [-0.3, -0.25) is 0 Å². The van der Waals surface area contributed by atoms with E-state index in [0.717, 1.165) is 0 Å². The summed E-state index contributed by atoms with van der Waals surface area (Å²) in [6, 6.07) is 5.84. The summed E-state index contributed by atoms with van der Waals surface area (Å²) in [5.74, 6) is -0.459. The number of hydrogen-bond donors (Lipinski definition) is 1. The van der Waals surface area contributed by atoms with Gasteiger partial charge in [-0.1, -0.05) is 0 Å². The summed E-state index contributed by atoms with van der Waals surface area (Å²) in [6.45, 7) is 0. The fourth-order valence-corrected chi connectivity index (χ4v) is 6.21. The summed E-state index contributed by atoms with van der Waals surface area (Å²) >= 11 is 0. The van der Waals surface area contributed by atoms with Crippen molar-refractivity contribution in [1.29, 1.82) is 5.26 Å². The molecule has 1 N–H and O–H groups in total. The van der Waals surface area contributed by atoms with Gasteiger partial charge in [0, 0.05) is 6.42 Å². The third-order valence-corrected chi connectivity index (χ3v) is 7.33. The van der Waals surface area contributed by atoms with Crippen LogP contribution >= 0.6 is 0 Å². The topological polar surface area (TPSA) is 78.2 Å². The van der Waals surface area contributed by atoms with Crippen LogP contribution in [0.4, 0.5) is 4.39 Å². The van der Waals surface area contributed by atoms with Crippen LogP contribution in [0.2, 0.25) is 0 Å². The molecule has 6 heteroatoms. The molecule has 2 heterocycles. The van der Waals surface area contributed by atoms with E-state index in [1.807, 2.05) is 6.07 Å². The second kappa shape index (κ2) is 4.79. The first-order valence-electron chi connectivity index (χ1n) is 6.98. The maximum atomic E-state index is 13.4. The lowest BCUT2D eigenvalue weighted by Gasteiger charge is -2.36. The van der Waals surface area contributed by atoms with Gasteiger partial charge in [0.2, 0.25) is 0 Å². The highest BCUT2D eigenvalue weighted by molar-refractivity contribution is 7.93. The van der Waals surface area contributed by atoms with E-state index in [2.05, 4.69) is 0 Å². The maximum Gasteiger partial charge on any atom is 0.156 e. The Labute approximate surface area is 123 Å². The second-order valence-corrected chi connectivity index (χ2v) is 8.64. The van der Waals surface area contributed by atoms with Crippen LogP contribution in [0.15, 0.2) is 18.2 Å². The summed E-state index contributed by atoms with van der Waals surface area (Å²) in [7, 11) is -3.12. The van der Waals surface area contributed by atoms with E-state index in [1.54, 1.807) is 0 Å². The largest absolute Gasteiger partial charge is 0.389 e. The van der Waals surface area contributed by atoms with E-state index < -0.39 is 31.8 Å². The van der Waals surface area contributed by atoms with Crippen molar-refractivity contribution in [2.24, 2.45) is 0 Å². The molecule has 0 radical (unpaired) electrons. The SMILES string of the molecule is N#Cc1ccc(F)cc1CC1(O)CC2CCC(C1)S2(=O)=O. The fourth-order valence-electron chi connectivity index (χ4n) is 3.66. The molecule has 2 aliphatic heterocycles. The van der Waals surface area contributed by atoms with E-state index in [1.165, 1.54) is 18.2 Å². The van der Waals surface area contributed by atoms with E-state index in [-0.39, 0.29) is 19.3 Å². The molecule has 0 aromatic heterocycles. The molecule has 2 bridgehead atoms. The first-order valence-corrected chi connectivity index (χ1v) is 8.59. The number of halogens is 1. The summed E-state index contributed by atoms with van der Waals surface area (Å²) in [6.07, 6.45) is 1.64. The van der Waals surface area contributed by atoms with Gasteiger partial charge in [-0.25, -0.2) is 12.8 Å². The van der Waals surface area contributed by atoms with Crippen molar-refractivity contribution in [3.63, 3.8) is 0 Å². The Kier molecular flexibility index (Phi) is 3.30. The van der Waals surface area contributed by atoms with E-state index in [0.29, 0.717) is 24.0 Å². The molecule has 0 saturated carbocycles. The van der Waals surface area contributed by atoms with Crippen LogP contribution in [0.3, 0.4) is 0 Å². The summed E-state index contributed by atoms with van der Waals surface area (Å²) in [5, 5.41) is 18.8. The third-order valence-electron chi connectivity index (χ3n) is 4.66. The summed E-state index contributed by atoms with van der Waals surface area (Å²) in [4.78, 5) is 0. The smallest absolute Gasteiger partial charge is 0.156 e. The number of rotatable bonds is 2. The number of benzene rings is 1. The predicted molar refractivity (Wildman–Crippen MR) is 74.7 cm³/mol. The minimum Gasteiger partial charge on any atom is -0.389 e. The normalized spacial score (nSPS) is 33.6. The molecule has 0 spiro atoms. The van der Waals surface area contributed by atoms with Crippen molar-refractivity contribution in [3.8, 4) is 6.07 Å². The van der Waals surface area contributed by atoms with Gasteiger partial charge < -0.3 is 5.11 Å². The monoisotopic (exact) mass is 309 g/mol. The van der Waals surface area contributed by atoms with Gasteiger partial charge in [0.25, 0.3) is 0 Å². The van der Waals surface area contributed by atoms with E-state index >= 15 is 0 Å². The molecule has 0 aliphatic carbocycles. The summed E-state index contributed by atoms with van der Waals surface area (Å²) < 4.78 is 37.5. The Morgan fingerprint density at radius 1 is 1.33 bits per heavy atom. The van der Waals surface area contributed by atoms with Gasteiger partial charge in [-0.15, -0.1) is 0 Å². The van der Waals surface area contributed by atoms with E-state index in [4.69, 9.17) is 5.26 Å². The average Bonchev–Trinajstić information content (AvgIpc) is 2.59. The average molecular weight is 309 g/mol. The van der Waals surface area contributed by atoms with Crippen LogP contribution in [-0.4, -0.2) is 29.6 Å². The molecule has 2 fully saturated rings. The van der Waals surface area contributed by atoms with Gasteiger partial charge in [-0.2, -0.15) is 5.26 Å². The predicted octanol–water partition coefficient (Wildman–Crippen LogP) is 1.71. The van der Waals surface area contributed by atoms with Gasteiger partial charge in [0.05, 0.1) is 27.7 Å². The lowest BCUT2D eigenvalue weighted by atomic mass is 9.85. The Morgan fingerprint density at radius 3 is 2.52 bits per heavy atom. The number of hydrogen-bond acceptors (Lipinski definition) is 4. The van der Waals surface area contributed by atoms with Crippen LogP contribution in [0, 0.1) is 17.1 Å². The number of nitrogens with zero attached hydrogens (tertiary/aromatic N) is 1. The zero-order valence-corrected chi connectivity index (χ0v) is 12.2. The molecule has 2 unspecified atom stereocenters.